The standard InChI is InChI=1S/C19H16N4O3/c20-19(26)14-10-22(15-7-3-1-5-12(14)15)18(25)11-23-16-8-4-2-6-13(16)17(24)9-21-23/h1-9,14H,10-11H2,(H2,20,26)/t14-/m0/s1. The van der Waals surface area contributed by atoms with Gasteiger partial charge in [0.2, 0.25) is 17.2 Å². The summed E-state index contributed by atoms with van der Waals surface area (Å²) in [5.74, 6) is -1.20. The maximum Gasteiger partial charge on any atom is 0.248 e. The van der Waals surface area contributed by atoms with Crippen LogP contribution in [0.15, 0.2) is 59.5 Å². The molecule has 1 aromatic heterocycles. The Kier molecular flexibility index (Phi) is 3.76. The van der Waals surface area contributed by atoms with Crippen molar-refractivity contribution in [1.29, 1.82) is 0 Å². The number of fused-ring (bicyclic) bond motifs is 2. The number of nitrogens with zero attached hydrogens (tertiary/aromatic N) is 3. The van der Waals surface area contributed by atoms with Crippen LogP contribution in [0.5, 0.6) is 0 Å². The summed E-state index contributed by atoms with van der Waals surface area (Å²) in [6.07, 6.45) is 1.21. The highest BCUT2D eigenvalue weighted by Gasteiger charge is 2.35. The molecule has 0 spiro atoms. The number of carbonyl (C=O) groups is 2. The average molecular weight is 348 g/mol. The van der Waals surface area contributed by atoms with Gasteiger partial charge in [0.15, 0.2) is 0 Å². The minimum absolute atomic E-state index is 0.0411. The Morgan fingerprint density at radius 2 is 1.85 bits per heavy atom. The van der Waals surface area contributed by atoms with Crippen molar-refractivity contribution in [3.63, 3.8) is 0 Å². The lowest BCUT2D eigenvalue weighted by molar-refractivity contribution is -0.119. The molecule has 0 radical (unpaired) electrons. The third kappa shape index (κ3) is 2.54. The van der Waals surface area contributed by atoms with E-state index in [0.717, 1.165) is 5.56 Å². The normalized spacial score (nSPS) is 15.8. The van der Waals surface area contributed by atoms with E-state index in [-0.39, 0.29) is 24.4 Å². The predicted octanol–water partition coefficient (Wildman–Crippen LogP) is 1.01. The second-order valence-corrected chi connectivity index (χ2v) is 6.20. The van der Waals surface area contributed by atoms with Gasteiger partial charge in [-0.2, -0.15) is 5.10 Å². The highest BCUT2D eigenvalue weighted by Crippen LogP contribution is 2.36. The largest absolute Gasteiger partial charge is 0.369 e. The lowest BCUT2D eigenvalue weighted by Gasteiger charge is -2.18. The molecular weight excluding hydrogens is 332 g/mol. The van der Waals surface area contributed by atoms with E-state index in [1.807, 2.05) is 18.2 Å². The Bertz CT molecular complexity index is 1090. The van der Waals surface area contributed by atoms with Crippen molar-refractivity contribution in [1.82, 2.24) is 9.78 Å². The van der Waals surface area contributed by atoms with Gasteiger partial charge in [0.05, 0.1) is 17.6 Å². The number of benzene rings is 2. The first kappa shape index (κ1) is 16.0. The number of anilines is 1. The monoisotopic (exact) mass is 348 g/mol. The van der Waals surface area contributed by atoms with Crippen molar-refractivity contribution in [2.75, 3.05) is 11.4 Å². The van der Waals surface area contributed by atoms with Crippen LogP contribution in [-0.2, 0) is 16.1 Å². The van der Waals surface area contributed by atoms with Crippen molar-refractivity contribution < 1.29 is 9.59 Å². The molecule has 1 aliphatic heterocycles. The second-order valence-electron chi connectivity index (χ2n) is 6.20. The van der Waals surface area contributed by atoms with Crippen molar-refractivity contribution in [2.24, 2.45) is 5.73 Å². The highest BCUT2D eigenvalue weighted by atomic mass is 16.2. The third-order valence-corrected chi connectivity index (χ3v) is 4.66. The summed E-state index contributed by atoms with van der Waals surface area (Å²) in [5, 5.41) is 4.60. The molecule has 7 heteroatoms. The van der Waals surface area contributed by atoms with Crippen LogP contribution in [0.1, 0.15) is 11.5 Å². The molecule has 0 saturated carbocycles. The minimum atomic E-state index is -0.520. The zero-order valence-corrected chi connectivity index (χ0v) is 13.8. The number of amides is 2. The van der Waals surface area contributed by atoms with E-state index >= 15 is 0 Å². The van der Waals surface area contributed by atoms with E-state index < -0.39 is 11.8 Å². The Morgan fingerprint density at radius 3 is 2.65 bits per heavy atom. The first-order valence-corrected chi connectivity index (χ1v) is 8.20. The number of hydrogen-bond donors (Lipinski definition) is 1. The molecule has 7 nitrogen and oxygen atoms in total. The summed E-state index contributed by atoms with van der Waals surface area (Å²) in [6.45, 7) is 0.173. The summed E-state index contributed by atoms with van der Waals surface area (Å²) in [4.78, 5) is 38.1. The van der Waals surface area contributed by atoms with Gasteiger partial charge in [-0.05, 0) is 23.8 Å². The number of carbonyl (C=O) groups excluding carboxylic acids is 2. The molecule has 3 aromatic rings. The third-order valence-electron chi connectivity index (χ3n) is 4.66. The molecule has 1 atom stereocenters. The van der Waals surface area contributed by atoms with E-state index in [4.69, 9.17) is 5.73 Å². The molecule has 2 N–H and O–H groups in total. The van der Waals surface area contributed by atoms with Gasteiger partial charge < -0.3 is 10.6 Å². The smallest absolute Gasteiger partial charge is 0.248 e. The molecule has 2 aromatic carbocycles. The van der Waals surface area contributed by atoms with Crippen molar-refractivity contribution in [2.45, 2.75) is 12.5 Å². The zero-order valence-electron chi connectivity index (χ0n) is 13.8. The number of para-hydroxylation sites is 2. The summed E-state index contributed by atoms with van der Waals surface area (Å²) in [7, 11) is 0. The van der Waals surface area contributed by atoms with Gasteiger partial charge in [0.1, 0.15) is 6.54 Å². The van der Waals surface area contributed by atoms with Gasteiger partial charge >= 0.3 is 0 Å². The maximum absolute atomic E-state index is 12.9. The van der Waals surface area contributed by atoms with Crippen LogP contribution in [0.25, 0.3) is 10.9 Å². The van der Waals surface area contributed by atoms with Crippen LogP contribution in [-0.4, -0.2) is 28.1 Å². The van der Waals surface area contributed by atoms with Crippen LogP contribution in [0, 0.1) is 0 Å². The van der Waals surface area contributed by atoms with Crippen LogP contribution in [0.2, 0.25) is 0 Å². The summed E-state index contributed by atoms with van der Waals surface area (Å²) >= 11 is 0. The van der Waals surface area contributed by atoms with E-state index in [0.29, 0.717) is 16.6 Å². The number of hydrogen-bond acceptors (Lipinski definition) is 4. The fourth-order valence-electron chi connectivity index (χ4n) is 3.39. The van der Waals surface area contributed by atoms with E-state index in [1.54, 1.807) is 35.2 Å². The first-order chi connectivity index (χ1) is 12.6. The lowest BCUT2D eigenvalue weighted by Crippen LogP contribution is -2.35. The first-order valence-electron chi connectivity index (χ1n) is 8.20. The van der Waals surface area contributed by atoms with Gasteiger partial charge in [-0.3, -0.25) is 19.1 Å². The fourth-order valence-corrected chi connectivity index (χ4v) is 3.39. The quantitative estimate of drug-likeness (QED) is 0.764. The molecule has 26 heavy (non-hydrogen) atoms. The van der Waals surface area contributed by atoms with Gasteiger partial charge in [-0.15, -0.1) is 0 Å². The molecule has 0 bridgehead atoms. The molecule has 2 heterocycles. The number of primary amides is 1. The average Bonchev–Trinajstić information content (AvgIpc) is 3.04. The predicted molar refractivity (Wildman–Crippen MR) is 96.7 cm³/mol. The van der Waals surface area contributed by atoms with E-state index in [9.17, 15) is 14.4 Å². The maximum atomic E-state index is 12.9. The van der Waals surface area contributed by atoms with Crippen LogP contribution in [0.4, 0.5) is 5.69 Å². The molecular formula is C19H16N4O3. The van der Waals surface area contributed by atoms with Gasteiger partial charge in [-0.1, -0.05) is 30.3 Å². The van der Waals surface area contributed by atoms with Gasteiger partial charge in [0, 0.05) is 17.6 Å². The SMILES string of the molecule is NC(=O)[C@H]1CN(C(=O)Cn2ncc(=O)c3ccccc32)c2ccccc21. The van der Waals surface area contributed by atoms with Gasteiger partial charge in [-0.25, -0.2) is 0 Å². The van der Waals surface area contributed by atoms with E-state index in [2.05, 4.69) is 5.10 Å². The molecule has 0 aliphatic carbocycles. The van der Waals surface area contributed by atoms with Crippen LogP contribution >= 0.6 is 0 Å². The van der Waals surface area contributed by atoms with Crippen LogP contribution in [0.3, 0.4) is 0 Å². The number of rotatable bonds is 3. The minimum Gasteiger partial charge on any atom is -0.369 e. The Hall–Kier alpha value is -3.48. The zero-order chi connectivity index (χ0) is 18.3. The molecule has 0 fully saturated rings. The molecule has 0 unspecified atom stereocenters. The Balaban J connectivity index is 1.69. The molecule has 2 amide bonds. The lowest BCUT2D eigenvalue weighted by atomic mass is 10.0. The second kappa shape index (κ2) is 6.11. The summed E-state index contributed by atoms with van der Waals surface area (Å²) < 4.78 is 1.50. The van der Waals surface area contributed by atoms with Crippen LogP contribution < -0.4 is 16.1 Å². The van der Waals surface area contributed by atoms with Gasteiger partial charge in [0.25, 0.3) is 0 Å². The molecule has 0 saturated heterocycles. The molecule has 1 aliphatic rings. The highest BCUT2D eigenvalue weighted by molar-refractivity contribution is 6.00. The fraction of sp³-hybridized carbons (Fsp3) is 0.158. The molecule has 130 valence electrons. The summed E-state index contributed by atoms with van der Waals surface area (Å²) in [6, 6.07) is 14.3. The molecule has 4 rings (SSSR count). The topological polar surface area (TPSA) is 98.3 Å². The Labute approximate surface area is 148 Å². The van der Waals surface area contributed by atoms with Crippen molar-refractivity contribution in [3.05, 3.63) is 70.5 Å². The Morgan fingerprint density at radius 1 is 1.12 bits per heavy atom. The van der Waals surface area contributed by atoms with Crippen molar-refractivity contribution in [3.8, 4) is 0 Å². The number of aromatic nitrogens is 2. The summed E-state index contributed by atoms with van der Waals surface area (Å²) in [5.41, 5.74) is 7.33. The van der Waals surface area contributed by atoms with E-state index in [1.165, 1.54) is 10.9 Å². The van der Waals surface area contributed by atoms with Crippen molar-refractivity contribution >= 4 is 28.4 Å². The number of nitrogens with two attached hydrogens (primary N) is 1.